The van der Waals surface area contributed by atoms with Crippen molar-refractivity contribution in [2.75, 3.05) is 7.05 Å². The lowest BCUT2D eigenvalue weighted by Gasteiger charge is -2.02. The van der Waals surface area contributed by atoms with E-state index in [1.54, 1.807) is 10.9 Å². The highest BCUT2D eigenvalue weighted by atomic mass is 16.2. The number of carbonyl (C=O) groups is 2. The lowest BCUT2D eigenvalue weighted by molar-refractivity contribution is 0.0693. The molecule has 1 aliphatic heterocycles. The van der Waals surface area contributed by atoms with Crippen molar-refractivity contribution < 1.29 is 9.59 Å². The largest absolute Gasteiger partial charge is 0.277 e. The standard InChI is InChI=1S/C11H10N4O2/c1-3-15-9-6(5-13-15)8-7(4-12-9)10(16)14(2)11(8)17/h4-5H,3H2,1-2H3. The van der Waals surface area contributed by atoms with Gasteiger partial charge in [0.2, 0.25) is 0 Å². The Bertz CT molecular complexity index is 659. The Morgan fingerprint density at radius 1 is 1.24 bits per heavy atom. The molecule has 0 fully saturated rings. The number of pyridine rings is 1. The van der Waals surface area contributed by atoms with Crippen LogP contribution in [-0.2, 0) is 6.54 Å². The molecular weight excluding hydrogens is 220 g/mol. The monoisotopic (exact) mass is 230 g/mol. The second-order valence-electron chi connectivity index (χ2n) is 3.91. The van der Waals surface area contributed by atoms with Crippen LogP contribution in [-0.4, -0.2) is 38.5 Å². The van der Waals surface area contributed by atoms with Crippen molar-refractivity contribution >= 4 is 22.8 Å². The van der Waals surface area contributed by atoms with Gasteiger partial charge >= 0.3 is 0 Å². The fourth-order valence-corrected chi connectivity index (χ4v) is 2.09. The number of fused-ring (bicyclic) bond motifs is 3. The normalized spacial score (nSPS) is 14.8. The van der Waals surface area contributed by atoms with Gasteiger partial charge in [-0.1, -0.05) is 0 Å². The molecule has 0 radical (unpaired) electrons. The molecule has 0 spiro atoms. The first-order chi connectivity index (χ1) is 8.15. The Labute approximate surface area is 96.8 Å². The van der Waals surface area contributed by atoms with E-state index in [0.717, 1.165) is 4.90 Å². The fourth-order valence-electron chi connectivity index (χ4n) is 2.09. The molecule has 3 heterocycles. The molecule has 1 aliphatic rings. The third-order valence-electron chi connectivity index (χ3n) is 3.02. The van der Waals surface area contributed by atoms with Crippen molar-refractivity contribution in [3.8, 4) is 0 Å². The third kappa shape index (κ3) is 1.09. The van der Waals surface area contributed by atoms with Crippen LogP contribution in [0.3, 0.4) is 0 Å². The lowest BCUT2D eigenvalue weighted by atomic mass is 10.1. The molecule has 0 N–H and O–H groups in total. The van der Waals surface area contributed by atoms with Crippen LogP contribution in [0.15, 0.2) is 12.4 Å². The Balaban J connectivity index is 2.39. The summed E-state index contributed by atoms with van der Waals surface area (Å²) in [7, 11) is 1.47. The first-order valence-corrected chi connectivity index (χ1v) is 5.32. The van der Waals surface area contributed by atoms with Crippen LogP contribution in [0, 0.1) is 0 Å². The molecule has 2 amide bonds. The second kappa shape index (κ2) is 3.13. The number of nitrogens with zero attached hydrogens (tertiary/aromatic N) is 4. The molecule has 0 bridgehead atoms. The van der Waals surface area contributed by atoms with Crippen LogP contribution in [0.4, 0.5) is 0 Å². The molecule has 6 heteroatoms. The van der Waals surface area contributed by atoms with E-state index in [0.29, 0.717) is 28.7 Å². The topological polar surface area (TPSA) is 68.1 Å². The number of aryl methyl sites for hydroxylation is 1. The molecule has 86 valence electrons. The minimum absolute atomic E-state index is 0.284. The molecule has 0 aromatic carbocycles. The number of hydrogen-bond acceptors (Lipinski definition) is 4. The van der Waals surface area contributed by atoms with Crippen LogP contribution in [0.1, 0.15) is 27.6 Å². The maximum absolute atomic E-state index is 12.0. The summed E-state index contributed by atoms with van der Waals surface area (Å²) in [6, 6.07) is 0. The number of amides is 2. The van der Waals surface area contributed by atoms with Crippen LogP contribution < -0.4 is 0 Å². The Kier molecular flexibility index (Phi) is 1.83. The van der Waals surface area contributed by atoms with Crippen molar-refractivity contribution in [3.63, 3.8) is 0 Å². The first-order valence-electron chi connectivity index (χ1n) is 5.32. The van der Waals surface area contributed by atoms with E-state index in [2.05, 4.69) is 10.1 Å². The summed E-state index contributed by atoms with van der Waals surface area (Å²) in [5.41, 5.74) is 1.42. The van der Waals surface area contributed by atoms with E-state index >= 15 is 0 Å². The number of rotatable bonds is 1. The zero-order chi connectivity index (χ0) is 12.2. The minimum atomic E-state index is -0.302. The smallest absolute Gasteiger partial charge is 0.262 e. The number of carbonyl (C=O) groups excluding carboxylic acids is 2. The van der Waals surface area contributed by atoms with E-state index in [9.17, 15) is 9.59 Å². The molecule has 0 unspecified atom stereocenters. The Hall–Kier alpha value is -2.24. The molecule has 0 saturated carbocycles. The van der Waals surface area contributed by atoms with Crippen molar-refractivity contribution in [2.24, 2.45) is 0 Å². The van der Waals surface area contributed by atoms with Gasteiger partial charge in [0.05, 0.1) is 22.7 Å². The first kappa shape index (κ1) is 9.95. The molecule has 0 aliphatic carbocycles. The number of imide groups is 1. The lowest BCUT2D eigenvalue weighted by Crippen LogP contribution is -2.24. The van der Waals surface area contributed by atoms with Gasteiger partial charge in [-0.15, -0.1) is 0 Å². The number of hydrogen-bond donors (Lipinski definition) is 0. The van der Waals surface area contributed by atoms with Gasteiger partial charge in [0.15, 0.2) is 5.65 Å². The van der Waals surface area contributed by atoms with E-state index in [1.165, 1.54) is 13.2 Å². The van der Waals surface area contributed by atoms with Gasteiger partial charge in [-0.3, -0.25) is 14.5 Å². The summed E-state index contributed by atoms with van der Waals surface area (Å²) in [6.07, 6.45) is 3.05. The van der Waals surface area contributed by atoms with E-state index in [1.807, 2.05) is 6.92 Å². The molecule has 0 atom stereocenters. The quantitative estimate of drug-likeness (QED) is 0.675. The predicted octanol–water partition coefficient (Wildman–Crippen LogP) is 0.677. The van der Waals surface area contributed by atoms with Crippen LogP contribution in [0.2, 0.25) is 0 Å². The SMILES string of the molecule is CCn1ncc2c3c(cnc21)C(=O)N(C)C3=O. The molecule has 3 rings (SSSR count). The van der Waals surface area contributed by atoms with Crippen molar-refractivity contribution in [1.29, 1.82) is 0 Å². The zero-order valence-electron chi connectivity index (χ0n) is 9.47. The van der Waals surface area contributed by atoms with E-state index in [-0.39, 0.29) is 11.8 Å². The number of aromatic nitrogens is 3. The van der Waals surface area contributed by atoms with Crippen LogP contribution in [0.25, 0.3) is 11.0 Å². The summed E-state index contributed by atoms with van der Waals surface area (Å²) in [5.74, 6) is -0.586. The van der Waals surface area contributed by atoms with Gasteiger partial charge in [-0.25, -0.2) is 9.67 Å². The summed E-state index contributed by atoms with van der Waals surface area (Å²) < 4.78 is 1.70. The van der Waals surface area contributed by atoms with Crippen molar-refractivity contribution in [3.05, 3.63) is 23.5 Å². The summed E-state index contributed by atoms with van der Waals surface area (Å²) in [5, 5.41) is 4.79. The van der Waals surface area contributed by atoms with E-state index < -0.39 is 0 Å². The van der Waals surface area contributed by atoms with Gasteiger partial charge in [0, 0.05) is 19.8 Å². The maximum atomic E-state index is 12.0. The predicted molar refractivity (Wildman–Crippen MR) is 59.6 cm³/mol. The summed E-state index contributed by atoms with van der Waals surface area (Å²) in [4.78, 5) is 29.0. The molecule has 0 saturated heterocycles. The van der Waals surface area contributed by atoms with Gasteiger partial charge in [-0.05, 0) is 6.92 Å². The highest BCUT2D eigenvalue weighted by Gasteiger charge is 2.35. The highest BCUT2D eigenvalue weighted by molar-refractivity contribution is 6.25. The molecule has 6 nitrogen and oxygen atoms in total. The second-order valence-corrected chi connectivity index (χ2v) is 3.91. The van der Waals surface area contributed by atoms with Crippen molar-refractivity contribution in [1.82, 2.24) is 19.7 Å². The van der Waals surface area contributed by atoms with Gasteiger partial charge < -0.3 is 0 Å². The Morgan fingerprint density at radius 2 is 2.00 bits per heavy atom. The van der Waals surface area contributed by atoms with E-state index in [4.69, 9.17) is 0 Å². The average molecular weight is 230 g/mol. The van der Waals surface area contributed by atoms with Gasteiger partial charge in [-0.2, -0.15) is 5.10 Å². The van der Waals surface area contributed by atoms with Gasteiger partial charge in [0.1, 0.15) is 0 Å². The maximum Gasteiger partial charge on any atom is 0.262 e. The summed E-state index contributed by atoms with van der Waals surface area (Å²) in [6.45, 7) is 2.62. The Morgan fingerprint density at radius 3 is 2.71 bits per heavy atom. The van der Waals surface area contributed by atoms with Crippen molar-refractivity contribution in [2.45, 2.75) is 13.5 Å². The third-order valence-corrected chi connectivity index (χ3v) is 3.02. The minimum Gasteiger partial charge on any atom is -0.277 e. The summed E-state index contributed by atoms with van der Waals surface area (Å²) >= 11 is 0. The molecular formula is C11H10N4O2. The molecule has 17 heavy (non-hydrogen) atoms. The molecule has 2 aromatic rings. The van der Waals surface area contributed by atoms with Crippen LogP contribution >= 0.6 is 0 Å². The van der Waals surface area contributed by atoms with Gasteiger partial charge in [0.25, 0.3) is 11.8 Å². The zero-order valence-corrected chi connectivity index (χ0v) is 9.47. The fraction of sp³-hybridized carbons (Fsp3) is 0.273. The molecule has 2 aromatic heterocycles. The van der Waals surface area contributed by atoms with Crippen LogP contribution in [0.5, 0.6) is 0 Å². The highest BCUT2D eigenvalue weighted by Crippen LogP contribution is 2.27. The average Bonchev–Trinajstić information content (AvgIpc) is 2.85.